The zero-order valence-electron chi connectivity index (χ0n) is 15.3. The van der Waals surface area contributed by atoms with Gasteiger partial charge in [0.2, 0.25) is 0 Å². The van der Waals surface area contributed by atoms with E-state index in [0.29, 0.717) is 43.1 Å². The molecule has 1 aliphatic heterocycles. The molecular formula is C19H16F2I2N6. The van der Waals surface area contributed by atoms with Gasteiger partial charge in [-0.25, -0.2) is 13.8 Å². The normalized spacial score (nSPS) is 16.8. The fourth-order valence-electron chi connectivity index (χ4n) is 3.31. The van der Waals surface area contributed by atoms with Gasteiger partial charge in [0.15, 0.2) is 5.96 Å². The molecule has 6 nitrogen and oxygen atoms in total. The lowest BCUT2D eigenvalue weighted by atomic mass is 9.99. The minimum absolute atomic E-state index is 0.0966. The standard InChI is InChI=1S/C19H16F2I2N6/c1-9-4-16-12(18(28-27-16)15-3-2-10(20)7-25-15)8-29(9)19(24)26-11-5-13(22)17(21)14(23)6-11/h2-3,5-7,9H,4,8H2,1H3,(H2,24,26)(H,27,28)/t9-/m1/s1. The van der Waals surface area contributed by atoms with Crippen molar-refractivity contribution >= 4 is 56.8 Å². The SMILES string of the molecule is C[C@@H]1Cc2[nH]nc(-c3ccc(F)cn3)c2CN1C(N)=Nc1cc(I)c(F)c(I)c1. The number of nitrogens with one attached hydrogen (secondary N) is 1. The molecule has 0 bridgehead atoms. The molecule has 0 saturated carbocycles. The van der Waals surface area contributed by atoms with Crippen molar-refractivity contribution in [3.8, 4) is 11.4 Å². The predicted molar refractivity (Wildman–Crippen MR) is 124 cm³/mol. The number of hydrogen-bond acceptors (Lipinski definition) is 3. The Morgan fingerprint density at radius 2 is 2.00 bits per heavy atom. The molecule has 29 heavy (non-hydrogen) atoms. The minimum Gasteiger partial charge on any atom is -0.369 e. The van der Waals surface area contributed by atoms with Gasteiger partial charge in [-0.3, -0.25) is 10.1 Å². The van der Waals surface area contributed by atoms with Crippen molar-refractivity contribution in [2.45, 2.75) is 25.9 Å². The van der Waals surface area contributed by atoms with Crippen LogP contribution in [-0.4, -0.2) is 32.1 Å². The third-order valence-corrected chi connectivity index (χ3v) is 6.36. The maximum Gasteiger partial charge on any atom is 0.197 e. The number of fused-ring (bicyclic) bond motifs is 1. The molecule has 3 N–H and O–H groups in total. The number of halogens is 4. The molecule has 10 heteroatoms. The summed E-state index contributed by atoms with van der Waals surface area (Å²) in [4.78, 5) is 10.6. The largest absolute Gasteiger partial charge is 0.369 e. The van der Waals surface area contributed by atoms with E-state index in [9.17, 15) is 8.78 Å². The molecule has 0 amide bonds. The summed E-state index contributed by atoms with van der Waals surface area (Å²) in [6.07, 6.45) is 1.88. The fraction of sp³-hybridized carbons (Fsp3) is 0.211. The van der Waals surface area contributed by atoms with E-state index in [1.807, 2.05) is 50.1 Å². The molecule has 0 saturated heterocycles. The number of aliphatic imine (C=N–C) groups is 1. The molecule has 4 rings (SSSR count). The molecule has 1 atom stereocenters. The fourth-order valence-corrected chi connectivity index (χ4v) is 5.05. The second-order valence-corrected chi connectivity index (χ2v) is 9.09. The maximum absolute atomic E-state index is 13.9. The average Bonchev–Trinajstić information content (AvgIpc) is 3.08. The van der Waals surface area contributed by atoms with Gasteiger partial charge in [0.1, 0.15) is 17.3 Å². The van der Waals surface area contributed by atoms with Crippen LogP contribution in [0, 0.1) is 18.8 Å². The van der Waals surface area contributed by atoms with Crippen LogP contribution in [0.4, 0.5) is 14.5 Å². The van der Waals surface area contributed by atoms with Crippen LogP contribution in [-0.2, 0) is 13.0 Å². The van der Waals surface area contributed by atoms with E-state index in [2.05, 4.69) is 27.1 Å². The van der Waals surface area contributed by atoms with Crippen molar-refractivity contribution in [1.29, 1.82) is 0 Å². The molecule has 0 unspecified atom stereocenters. The third-order valence-electron chi connectivity index (χ3n) is 4.79. The van der Waals surface area contributed by atoms with Crippen molar-refractivity contribution in [3.63, 3.8) is 0 Å². The van der Waals surface area contributed by atoms with Gasteiger partial charge in [-0.1, -0.05) is 0 Å². The Kier molecular flexibility index (Phi) is 5.73. The number of pyridine rings is 1. The number of nitrogens with zero attached hydrogens (tertiary/aromatic N) is 4. The van der Waals surface area contributed by atoms with Crippen molar-refractivity contribution in [1.82, 2.24) is 20.1 Å². The van der Waals surface area contributed by atoms with Crippen LogP contribution in [0.3, 0.4) is 0 Å². The molecule has 0 fully saturated rings. The zero-order chi connectivity index (χ0) is 20.7. The first kappa shape index (κ1) is 20.4. The highest BCUT2D eigenvalue weighted by molar-refractivity contribution is 14.1. The summed E-state index contributed by atoms with van der Waals surface area (Å²) in [6.45, 7) is 2.55. The van der Waals surface area contributed by atoms with Crippen LogP contribution in [0.25, 0.3) is 11.4 Å². The summed E-state index contributed by atoms with van der Waals surface area (Å²) in [7, 11) is 0. The summed E-state index contributed by atoms with van der Waals surface area (Å²) in [5, 5.41) is 7.45. The molecular weight excluding hydrogens is 604 g/mol. The van der Waals surface area contributed by atoms with Gasteiger partial charge in [-0.15, -0.1) is 0 Å². The molecule has 3 heterocycles. The van der Waals surface area contributed by atoms with E-state index in [1.54, 1.807) is 18.2 Å². The van der Waals surface area contributed by atoms with E-state index in [4.69, 9.17) is 5.73 Å². The second-order valence-electron chi connectivity index (χ2n) is 6.77. The van der Waals surface area contributed by atoms with Crippen LogP contribution >= 0.6 is 45.2 Å². The van der Waals surface area contributed by atoms with Crippen LogP contribution in [0.5, 0.6) is 0 Å². The van der Waals surface area contributed by atoms with Crippen LogP contribution in [0.1, 0.15) is 18.2 Å². The molecule has 150 valence electrons. The Bertz CT molecular complexity index is 1070. The highest BCUT2D eigenvalue weighted by atomic mass is 127. The lowest BCUT2D eigenvalue weighted by Gasteiger charge is -2.34. The van der Waals surface area contributed by atoms with E-state index < -0.39 is 5.82 Å². The van der Waals surface area contributed by atoms with Gasteiger partial charge in [-0.05, 0) is 76.4 Å². The number of aromatic amines is 1. The minimum atomic E-state index is -0.395. The van der Waals surface area contributed by atoms with Crippen LogP contribution < -0.4 is 5.73 Å². The van der Waals surface area contributed by atoms with Gasteiger partial charge >= 0.3 is 0 Å². The molecule has 1 aliphatic rings. The van der Waals surface area contributed by atoms with Crippen LogP contribution in [0.2, 0.25) is 0 Å². The van der Waals surface area contributed by atoms with Crippen LogP contribution in [0.15, 0.2) is 35.5 Å². The van der Waals surface area contributed by atoms with Gasteiger partial charge < -0.3 is 10.6 Å². The van der Waals surface area contributed by atoms with E-state index in [0.717, 1.165) is 11.3 Å². The summed E-state index contributed by atoms with van der Waals surface area (Å²) >= 11 is 3.89. The molecule has 0 spiro atoms. The van der Waals surface area contributed by atoms with E-state index in [-0.39, 0.29) is 11.9 Å². The molecule has 1 aromatic carbocycles. The highest BCUT2D eigenvalue weighted by Gasteiger charge is 2.29. The summed E-state index contributed by atoms with van der Waals surface area (Å²) < 4.78 is 28.1. The number of rotatable bonds is 2. The van der Waals surface area contributed by atoms with Crippen molar-refractivity contribution in [3.05, 3.63) is 60.5 Å². The smallest absolute Gasteiger partial charge is 0.197 e. The number of guanidine groups is 1. The molecule has 3 aromatic rings. The Labute approximate surface area is 193 Å². The van der Waals surface area contributed by atoms with Gasteiger partial charge in [0, 0.05) is 23.7 Å². The molecule has 0 radical (unpaired) electrons. The Hall–Kier alpha value is -1.83. The zero-order valence-corrected chi connectivity index (χ0v) is 19.6. The average molecular weight is 620 g/mol. The third kappa shape index (κ3) is 4.09. The second kappa shape index (κ2) is 8.13. The molecule has 2 aromatic heterocycles. The van der Waals surface area contributed by atoms with E-state index >= 15 is 0 Å². The van der Waals surface area contributed by atoms with Crippen molar-refractivity contribution in [2.24, 2.45) is 10.7 Å². The number of nitrogens with two attached hydrogens (primary N) is 1. The first-order valence-corrected chi connectivity index (χ1v) is 10.9. The lowest BCUT2D eigenvalue weighted by molar-refractivity contribution is 0.296. The first-order valence-electron chi connectivity index (χ1n) is 8.77. The van der Waals surface area contributed by atoms with Crippen molar-refractivity contribution in [2.75, 3.05) is 0 Å². The topological polar surface area (TPSA) is 83.2 Å². The Morgan fingerprint density at radius 3 is 2.66 bits per heavy atom. The van der Waals surface area contributed by atoms with E-state index in [1.165, 1.54) is 12.3 Å². The maximum atomic E-state index is 13.9. The van der Waals surface area contributed by atoms with Gasteiger partial charge in [0.05, 0.1) is 31.3 Å². The summed E-state index contributed by atoms with van der Waals surface area (Å²) in [5.74, 6) is -0.302. The quantitative estimate of drug-likeness (QED) is 0.193. The van der Waals surface area contributed by atoms with Crippen molar-refractivity contribution < 1.29 is 8.78 Å². The number of hydrogen-bond donors (Lipinski definition) is 2. The molecule has 0 aliphatic carbocycles. The Balaban J connectivity index is 1.66. The van der Waals surface area contributed by atoms with Gasteiger partial charge in [0.25, 0.3) is 0 Å². The number of benzene rings is 1. The monoisotopic (exact) mass is 620 g/mol. The predicted octanol–water partition coefficient (Wildman–Crippen LogP) is 4.35. The van der Waals surface area contributed by atoms with Gasteiger partial charge in [-0.2, -0.15) is 5.10 Å². The highest BCUT2D eigenvalue weighted by Crippen LogP contribution is 2.30. The first-order chi connectivity index (χ1) is 13.8. The number of H-pyrrole nitrogens is 1. The summed E-state index contributed by atoms with van der Waals surface area (Å²) in [6, 6.07) is 6.39. The number of aromatic nitrogens is 3. The summed E-state index contributed by atoms with van der Waals surface area (Å²) in [5.41, 5.74) is 10.2. The lowest BCUT2D eigenvalue weighted by Crippen LogP contribution is -2.46. The Morgan fingerprint density at radius 1 is 1.28 bits per heavy atom.